The quantitative estimate of drug-likeness (QED) is 0.662. The lowest BCUT2D eigenvalue weighted by Crippen LogP contribution is -1.98. The second-order valence-electron chi connectivity index (χ2n) is 4.65. The van der Waals surface area contributed by atoms with Gasteiger partial charge in [-0.2, -0.15) is 0 Å². The number of rotatable bonds is 1. The van der Waals surface area contributed by atoms with Crippen molar-refractivity contribution in [2.24, 2.45) is 0 Å². The summed E-state index contributed by atoms with van der Waals surface area (Å²) in [6, 6.07) is 17.7. The first-order chi connectivity index (χ1) is 7.86. The van der Waals surface area contributed by atoms with Crippen LogP contribution in [-0.4, -0.2) is 0 Å². The van der Waals surface area contributed by atoms with Crippen LogP contribution in [0.2, 0.25) is 0 Å². The van der Waals surface area contributed by atoms with Crippen LogP contribution in [0.25, 0.3) is 0 Å². The maximum Gasteiger partial charge on any atom is 0.00978 e. The summed E-state index contributed by atoms with van der Waals surface area (Å²) >= 11 is 0. The van der Waals surface area contributed by atoms with E-state index in [0.717, 1.165) is 0 Å². The van der Waals surface area contributed by atoms with Crippen molar-refractivity contribution in [3.63, 3.8) is 0 Å². The van der Waals surface area contributed by atoms with Gasteiger partial charge in [0.25, 0.3) is 0 Å². The molecule has 80 valence electrons. The molecule has 0 aliphatic heterocycles. The van der Waals surface area contributed by atoms with Gasteiger partial charge < -0.3 is 0 Å². The van der Waals surface area contributed by atoms with Crippen molar-refractivity contribution in [1.82, 2.24) is 0 Å². The van der Waals surface area contributed by atoms with E-state index in [1.807, 2.05) is 0 Å². The molecule has 0 amide bonds. The van der Waals surface area contributed by atoms with Crippen LogP contribution in [0.5, 0.6) is 0 Å². The molecule has 0 heteroatoms. The Labute approximate surface area is 96.9 Å². The first-order valence-electron chi connectivity index (χ1n) is 5.99. The molecule has 0 heterocycles. The molecule has 0 spiro atoms. The fourth-order valence-corrected chi connectivity index (χ4v) is 2.86. The van der Waals surface area contributed by atoms with Gasteiger partial charge in [-0.1, -0.05) is 48.5 Å². The molecule has 0 fully saturated rings. The summed E-state index contributed by atoms with van der Waals surface area (Å²) in [7, 11) is 0. The van der Waals surface area contributed by atoms with Gasteiger partial charge in [-0.05, 0) is 42.0 Å². The molecule has 2 aromatic carbocycles. The van der Waals surface area contributed by atoms with Crippen LogP contribution >= 0.6 is 0 Å². The van der Waals surface area contributed by atoms with E-state index >= 15 is 0 Å². The third kappa shape index (κ3) is 1.46. The van der Waals surface area contributed by atoms with Gasteiger partial charge >= 0.3 is 0 Å². The van der Waals surface area contributed by atoms with Gasteiger partial charge in [0.05, 0.1) is 0 Å². The smallest absolute Gasteiger partial charge is 0.00978 e. The maximum atomic E-state index is 2.29. The molecule has 0 saturated carbocycles. The number of aryl methyl sites for hydroxylation is 2. The molecule has 0 nitrogen and oxygen atoms in total. The highest BCUT2D eigenvalue weighted by Gasteiger charge is 2.23. The van der Waals surface area contributed by atoms with E-state index in [0.29, 0.717) is 5.92 Å². The average molecular weight is 208 g/mol. The highest BCUT2D eigenvalue weighted by Crippen LogP contribution is 2.38. The van der Waals surface area contributed by atoms with Crippen LogP contribution in [0.1, 0.15) is 34.6 Å². The molecular weight excluding hydrogens is 192 g/mol. The number of hydrogen-bond acceptors (Lipinski definition) is 0. The Morgan fingerprint density at radius 3 is 2.38 bits per heavy atom. The van der Waals surface area contributed by atoms with Gasteiger partial charge in [-0.25, -0.2) is 0 Å². The standard InChI is InChI=1S/C16H16/c1-12-6-2-4-8-14(12)16-11-10-13-7-3-5-9-15(13)16/h2-9,16H,10-11H2,1H3. The highest BCUT2D eigenvalue weighted by molar-refractivity contribution is 5.44. The second-order valence-corrected chi connectivity index (χ2v) is 4.65. The van der Waals surface area contributed by atoms with Crippen molar-refractivity contribution in [1.29, 1.82) is 0 Å². The largest absolute Gasteiger partial charge is 0.0620 e. The summed E-state index contributed by atoms with van der Waals surface area (Å²) in [4.78, 5) is 0. The van der Waals surface area contributed by atoms with Crippen LogP contribution in [0.3, 0.4) is 0 Å². The summed E-state index contributed by atoms with van der Waals surface area (Å²) < 4.78 is 0. The fourth-order valence-electron chi connectivity index (χ4n) is 2.86. The van der Waals surface area contributed by atoms with Gasteiger partial charge in [0, 0.05) is 5.92 Å². The molecule has 0 bridgehead atoms. The summed E-state index contributed by atoms with van der Waals surface area (Å²) in [6.07, 6.45) is 2.50. The zero-order chi connectivity index (χ0) is 11.0. The summed E-state index contributed by atoms with van der Waals surface area (Å²) in [6.45, 7) is 2.22. The molecule has 0 radical (unpaired) electrons. The fraction of sp³-hybridized carbons (Fsp3) is 0.250. The molecule has 3 rings (SSSR count). The second kappa shape index (κ2) is 3.79. The predicted molar refractivity (Wildman–Crippen MR) is 67.8 cm³/mol. The predicted octanol–water partition coefficient (Wildman–Crippen LogP) is 4.07. The molecule has 0 aromatic heterocycles. The van der Waals surface area contributed by atoms with E-state index in [-0.39, 0.29) is 0 Å². The molecule has 1 aliphatic rings. The maximum absolute atomic E-state index is 2.29. The normalized spacial score (nSPS) is 18.4. The Morgan fingerprint density at radius 2 is 1.56 bits per heavy atom. The van der Waals surface area contributed by atoms with E-state index in [2.05, 4.69) is 55.5 Å². The Morgan fingerprint density at radius 1 is 0.875 bits per heavy atom. The summed E-state index contributed by atoms with van der Waals surface area (Å²) in [5, 5.41) is 0. The number of hydrogen-bond donors (Lipinski definition) is 0. The van der Waals surface area contributed by atoms with E-state index in [4.69, 9.17) is 0 Å². The van der Waals surface area contributed by atoms with Crippen molar-refractivity contribution in [3.8, 4) is 0 Å². The SMILES string of the molecule is Cc1ccccc1C1CCc2ccccc21. The lowest BCUT2D eigenvalue weighted by atomic mass is 9.90. The minimum Gasteiger partial charge on any atom is -0.0620 e. The van der Waals surface area contributed by atoms with E-state index in [1.54, 1.807) is 0 Å². The Kier molecular flexibility index (Phi) is 2.28. The monoisotopic (exact) mass is 208 g/mol. The van der Waals surface area contributed by atoms with Crippen LogP contribution in [-0.2, 0) is 6.42 Å². The number of benzene rings is 2. The third-order valence-electron chi connectivity index (χ3n) is 3.70. The number of fused-ring (bicyclic) bond motifs is 1. The van der Waals surface area contributed by atoms with Crippen molar-refractivity contribution in [3.05, 3.63) is 70.8 Å². The first kappa shape index (κ1) is 9.65. The molecule has 1 atom stereocenters. The lowest BCUT2D eigenvalue weighted by molar-refractivity contribution is 0.782. The first-order valence-corrected chi connectivity index (χ1v) is 5.99. The Hall–Kier alpha value is -1.56. The zero-order valence-corrected chi connectivity index (χ0v) is 9.61. The Balaban J connectivity index is 2.08. The van der Waals surface area contributed by atoms with Gasteiger partial charge in [0.15, 0.2) is 0 Å². The van der Waals surface area contributed by atoms with Crippen LogP contribution < -0.4 is 0 Å². The topological polar surface area (TPSA) is 0 Å². The van der Waals surface area contributed by atoms with Crippen LogP contribution in [0, 0.1) is 6.92 Å². The van der Waals surface area contributed by atoms with E-state index < -0.39 is 0 Å². The van der Waals surface area contributed by atoms with Gasteiger partial charge in [-0.15, -0.1) is 0 Å². The van der Waals surface area contributed by atoms with Crippen molar-refractivity contribution < 1.29 is 0 Å². The average Bonchev–Trinajstić information content (AvgIpc) is 2.74. The third-order valence-corrected chi connectivity index (χ3v) is 3.70. The van der Waals surface area contributed by atoms with Crippen molar-refractivity contribution in [2.75, 3.05) is 0 Å². The molecule has 0 saturated heterocycles. The minimum atomic E-state index is 0.623. The van der Waals surface area contributed by atoms with Crippen molar-refractivity contribution >= 4 is 0 Å². The summed E-state index contributed by atoms with van der Waals surface area (Å²) in [5.41, 5.74) is 6.00. The Bertz CT molecular complexity index is 511. The van der Waals surface area contributed by atoms with Gasteiger partial charge in [0.1, 0.15) is 0 Å². The minimum absolute atomic E-state index is 0.623. The van der Waals surface area contributed by atoms with Gasteiger partial charge in [0.2, 0.25) is 0 Å². The van der Waals surface area contributed by atoms with Crippen LogP contribution in [0.15, 0.2) is 48.5 Å². The van der Waals surface area contributed by atoms with Gasteiger partial charge in [-0.3, -0.25) is 0 Å². The molecular formula is C16H16. The van der Waals surface area contributed by atoms with E-state index in [1.165, 1.54) is 35.1 Å². The lowest BCUT2D eigenvalue weighted by Gasteiger charge is -2.14. The zero-order valence-electron chi connectivity index (χ0n) is 9.61. The molecule has 1 unspecified atom stereocenters. The molecule has 1 aliphatic carbocycles. The molecule has 0 N–H and O–H groups in total. The molecule has 16 heavy (non-hydrogen) atoms. The van der Waals surface area contributed by atoms with Crippen molar-refractivity contribution in [2.45, 2.75) is 25.7 Å². The van der Waals surface area contributed by atoms with Crippen LogP contribution in [0.4, 0.5) is 0 Å². The summed E-state index contributed by atoms with van der Waals surface area (Å²) in [5.74, 6) is 0.623. The van der Waals surface area contributed by atoms with E-state index in [9.17, 15) is 0 Å². The highest BCUT2D eigenvalue weighted by atomic mass is 14.3. The molecule has 2 aromatic rings.